The Balaban J connectivity index is 0.00000484. The van der Waals surface area contributed by atoms with Gasteiger partial charge in [-0.15, -0.1) is 12.4 Å². The van der Waals surface area contributed by atoms with Gasteiger partial charge in [0, 0.05) is 43.5 Å². The minimum Gasteiger partial charge on any atom is -0.355 e. The highest BCUT2D eigenvalue weighted by atomic mass is 79.9. The number of hydrogen-bond donors (Lipinski definition) is 2. The number of nitrogens with one attached hydrogen (secondary N) is 2. The van der Waals surface area contributed by atoms with Crippen molar-refractivity contribution in [2.45, 2.75) is 19.9 Å². The van der Waals surface area contributed by atoms with Crippen molar-refractivity contribution >= 4 is 40.2 Å². The number of benzene rings is 1. The molecule has 130 valence electrons. The van der Waals surface area contributed by atoms with Crippen molar-refractivity contribution in [3.05, 3.63) is 34.3 Å². The smallest absolute Gasteiger partial charge is 0.224 e. The van der Waals surface area contributed by atoms with Crippen molar-refractivity contribution in [1.82, 2.24) is 15.5 Å². The molecule has 0 fully saturated rings. The molecule has 1 unspecified atom stereocenters. The molecule has 2 amide bonds. The molecule has 0 radical (unpaired) electrons. The number of carbonyl (C=O) groups excluding carboxylic acids is 2. The number of rotatable bonds is 8. The Morgan fingerprint density at radius 3 is 2.57 bits per heavy atom. The molecule has 0 aliphatic rings. The van der Waals surface area contributed by atoms with Gasteiger partial charge in [-0.1, -0.05) is 41.1 Å². The maximum Gasteiger partial charge on any atom is 0.224 e. The average Bonchev–Trinajstić information content (AvgIpc) is 2.49. The first-order valence-electron chi connectivity index (χ1n) is 7.35. The Morgan fingerprint density at radius 2 is 1.96 bits per heavy atom. The number of carbonyl (C=O) groups is 2. The normalized spacial score (nSPS) is 11.3. The standard InChI is InChI=1S/C16H24BrN3O2.ClH/c1-12(10-18-2)16(22)19-9-8-15(21)20(3)11-13-6-4-5-7-14(13)17;/h4-7,12,18H,8-11H2,1-3H3,(H,19,22);1H. The number of hydrogen-bond acceptors (Lipinski definition) is 3. The predicted octanol–water partition coefficient (Wildman–Crippen LogP) is 2.19. The Kier molecular flexibility index (Phi) is 10.9. The molecular weight excluding hydrogens is 382 g/mol. The Labute approximate surface area is 152 Å². The molecule has 0 aliphatic carbocycles. The Hall–Kier alpha value is -1.11. The van der Waals surface area contributed by atoms with Gasteiger partial charge < -0.3 is 15.5 Å². The highest BCUT2D eigenvalue weighted by molar-refractivity contribution is 9.10. The summed E-state index contributed by atoms with van der Waals surface area (Å²) < 4.78 is 0.990. The summed E-state index contributed by atoms with van der Waals surface area (Å²) in [4.78, 5) is 25.5. The molecule has 0 aliphatic heterocycles. The maximum absolute atomic E-state index is 12.1. The molecule has 1 atom stereocenters. The van der Waals surface area contributed by atoms with Crippen molar-refractivity contribution in [3.8, 4) is 0 Å². The van der Waals surface area contributed by atoms with Gasteiger partial charge in [-0.2, -0.15) is 0 Å². The van der Waals surface area contributed by atoms with Gasteiger partial charge in [-0.25, -0.2) is 0 Å². The van der Waals surface area contributed by atoms with Crippen LogP contribution >= 0.6 is 28.3 Å². The summed E-state index contributed by atoms with van der Waals surface area (Å²) in [5.41, 5.74) is 1.06. The lowest BCUT2D eigenvalue weighted by Crippen LogP contribution is -2.37. The van der Waals surface area contributed by atoms with Crippen molar-refractivity contribution in [3.63, 3.8) is 0 Å². The van der Waals surface area contributed by atoms with Gasteiger partial charge >= 0.3 is 0 Å². The van der Waals surface area contributed by atoms with Gasteiger partial charge in [0.15, 0.2) is 0 Å². The monoisotopic (exact) mass is 405 g/mol. The van der Waals surface area contributed by atoms with Crippen LogP contribution < -0.4 is 10.6 Å². The molecule has 1 rings (SSSR count). The molecule has 7 heteroatoms. The molecule has 0 heterocycles. The third kappa shape index (κ3) is 7.81. The van der Waals surface area contributed by atoms with E-state index in [2.05, 4.69) is 26.6 Å². The molecule has 1 aromatic carbocycles. The van der Waals surface area contributed by atoms with Gasteiger partial charge in [0.1, 0.15) is 0 Å². The summed E-state index contributed by atoms with van der Waals surface area (Å²) in [7, 11) is 3.58. The third-order valence-electron chi connectivity index (χ3n) is 3.39. The molecule has 0 saturated heterocycles. The lowest BCUT2D eigenvalue weighted by Gasteiger charge is -2.18. The highest BCUT2D eigenvalue weighted by Crippen LogP contribution is 2.17. The van der Waals surface area contributed by atoms with Crippen LogP contribution in [0.2, 0.25) is 0 Å². The van der Waals surface area contributed by atoms with E-state index in [1.54, 1.807) is 11.9 Å². The Morgan fingerprint density at radius 1 is 1.30 bits per heavy atom. The second kappa shape index (κ2) is 11.4. The molecule has 23 heavy (non-hydrogen) atoms. The number of nitrogens with zero attached hydrogens (tertiary/aromatic N) is 1. The predicted molar refractivity (Wildman–Crippen MR) is 98.6 cm³/mol. The Bertz CT molecular complexity index is 514. The molecule has 5 nitrogen and oxygen atoms in total. The number of amides is 2. The molecule has 0 spiro atoms. The summed E-state index contributed by atoms with van der Waals surface area (Å²) in [5, 5.41) is 5.75. The van der Waals surface area contributed by atoms with E-state index >= 15 is 0 Å². The van der Waals surface area contributed by atoms with E-state index in [-0.39, 0.29) is 30.1 Å². The zero-order chi connectivity index (χ0) is 16.5. The summed E-state index contributed by atoms with van der Waals surface area (Å²) in [6.07, 6.45) is 0.305. The zero-order valence-corrected chi connectivity index (χ0v) is 16.2. The van der Waals surface area contributed by atoms with E-state index in [9.17, 15) is 9.59 Å². The van der Waals surface area contributed by atoms with E-state index in [4.69, 9.17) is 0 Å². The minimum absolute atomic E-state index is 0. The third-order valence-corrected chi connectivity index (χ3v) is 4.16. The van der Waals surface area contributed by atoms with Crippen LogP contribution in [0.4, 0.5) is 0 Å². The van der Waals surface area contributed by atoms with Crippen molar-refractivity contribution in [2.24, 2.45) is 5.92 Å². The lowest BCUT2D eigenvalue weighted by molar-refractivity contribution is -0.130. The van der Waals surface area contributed by atoms with Crippen LogP contribution in [-0.2, 0) is 16.1 Å². The average molecular weight is 407 g/mol. The molecule has 0 aromatic heterocycles. The molecular formula is C16H25BrClN3O2. The molecule has 1 aromatic rings. The van der Waals surface area contributed by atoms with Crippen LogP contribution in [0.3, 0.4) is 0 Å². The highest BCUT2D eigenvalue weighted by Gasteiger charge is 2.14. The molecule has 2 N–H and O–H groups in total. The first-order valence-corrected chi connectivity index (χ1v) is 8.14. The van der Waals surface area contributed by atoms with Crippen molar-refractivity contribution < 1.29 is 9.59 Å². The van der Waals surface area contributed by atoms with E-state index in [1.165, 1.54) is 0 Å². The van der Waals surface area contributed by atoms with Gasteiger partial charge in [0.05, 0.1) is 0 Å². The van der Waals surface area contributed by atoms with E-state index in [1.807, 2.05) is 38.2 Å². The van der Waals surface area contributed by atoms with Crippen molar-refractivity contribution in [2.75, 3.05) is 27.2 Å². The molecule has 0 saturated carbocycles. The van der Waals surface area contributed by atoms with Gasteiger partial charge in [0.25, 0.3) is 0 Å². The first kappa shape index (κ1) is 21.9. The zero-order valence-electron chi connectivity index (χ0n) is 13.8. The summed E-state index contributed by atoms with van der Waals surface area (Å²) >= 11 is 3.48. The topological polar surface area (TPSA) is 61.4 Å². The van der Waals surface area contributed by atoms with Crippen LogP contribution in [0.25, 0.3) is 0 Å². The fourth-order valence-electron chi connectivity index (χ4n) is 2.03. The van der Waals surface area contributed by atoms with E-state index in [0.29, 0.717) is 26.1 Å². The first-order chi connectivity index (χ1) is 10.5. The molecule has 0 bridgehead atoms. The van der Waals surface area contributed by atoms with Crippen LogP contribution in [0, 0.1) is 5.92 Å². The fraction of sp³-hybridized carbons (Fsp3) is 0.500. The second-order valence-electron chi connectivity index (χ2n) is 5.34. The van der Waals surface area contributed by atoms with Crippen LogP contribution in [-0.4, -0.2) is 43.9 Å². The summed E-state index contributed by atoms with van der Waals surface area (Å²) in [5.74, 6) is -0.119. The SMILES string of the molecule is CNCC(C)C(=O)NCCC(=O)N(C)Cc1ccccc1Br.Cl. The second-order valence-corrected chi connectivity index (χ2v) is 6.20. The van der Waals surface area contributed by atoms with Gasteiger partial charge in [-0.3, -0.25) is 9.59 Å². The van der Waals surface area contributed by atoms with Crippen molar-refractivity contribution in [1.29, 1.82) is 0 Å². The quantitative estimate of drug-likeness (QED) is 0.696. The van der Waals surface area contributed by atoms with Gasteiger partial charge in [0.2, 0.25) is 11.8 Å². The van der Waals surface area contributed by atoms with E-state index in [0.717, 1.165) is 10.0 Å². The van der Waals surface area contributed by atoms with Crippen LogP contribution in [0.1, 0.15) is 18.9 Å². The maximum atomic E-state index is 12.1. The van der Waals surface area contributed by atoms with E-state index < -0.39 is 0 Å². The van der Waals surface area contributed by atoms with Crippen LogP contribution in [0.15, 0.2) is 28.7 Å². The largest absolute Gasteiger partial charge is 0.355 e. The fourth-order valence-corrected chi connectivity index (χ4v) is 2.44. The summed E-state index contributed by atoms with van der Waals surface area (Å²) in [6.45, 7) is 3.39. The van der Waals surface area contributed by atoms with Gasteiger partial charge in [-0.05, 0) is 18.7 Å². The lowest BCUT2D eigenvalue weighted by atomic mass is 10.1. The van der Waals surface area contributed by atoms with Crippen LogP contribution in [0.5, 0.6) is 0 Å². The summed E-state index contributed by atoms with van der Waals surface area (Å²) in [6, 6.07) is 7.82. The minimum atomic E-state index is -0.0990. The number of halogens is 2.